The Labute approximate surface area is 235 Å². The summed E-state index contributed by atoms with van der Waals surface area (Å²) < 4.78 is 5.22. The van der Waals surface area contributed by atoms with Crippen LogP contribution < -0.4 is 15.5 Å². The molecule has 3 aromatic rings. The lowest BCUT2D eigenvalue weighted by molar-refractivity contribution is -0.120. The number of hydrogen-bond acceptors (Lipinski definition) is 6. The van der Waals surface area contributed by atoms with Gasteiger partial charge in [-0.1, -0.05) is 48.7 Å². The standard InChI is InChI=1S/C29H25Cl2N3O5/c1-3-4-14-39-29(38)19-6-5-7-21(15-19)33-26(35)18-9-11-20(12-10-18)32-25-24(31)27(36)34(28(25)37)22-13-8-17(2)23(30)16-22/h5-13,15-16,32H,3-4,14H2,1-2H3,(H,33,35). The molecule has 4 rings (SSSR count). The molecule has 8 nitrogen and oxygen atoms in total. The number of anilines is 3. The van der Waals surface area contributed by atoms with Crippen LogP contribution in [0.4, 0.5) is 17.1 Å². The second-order valence-corrected chi connectivity index (χ2v) is 9.58. The SMILES string of the molecule is CCCCOC(=O)c1cccc(NC(=O)c2ccc(NC3=C(Cl)C(=O)N(c4ccc(C)c(Cl)c4)C3=O)cc2)c1. The molecule has 0 spiro atoms. The van der Waals surface area contributed by atoms with Crippen LogP contribution in [0.3, 0.4) is 0 Å². The van der Waals surface area contributed by atoms with Crippen LogP contribution in [0.5, 0.6) is 0 Å². The summed E-state index contributed by atoms with van der Waals surface area (Å²) in [6.07, 6.45) is 1.69. The Morgan fingerprint density at radius 3 is 2.33 bits per heavy atom. The number of rotatable bonds is 9. The van der Waals surface area contributed by atoms with E-state index in [0.717, 1.165) is 23.3 Å². The van der Waals surface area contributed by atoms with E-state index in [4.69, 9.17) is 27.9 Å². The van der Waals surface area contributed by atoms with Gasteiger partial charge in [-0.2, -0.15) is 0 Å². The van der Waals surface area contributed by atoms with Gasteiger partial charge in [-0.25, -0.2) is 9.69 Å². The smallest absolute Gasteiger partial charge is 0.338 e. The highest BCUT2D eigenvalue weighted by Crippen LogP contribution is 2.32. The maximum absolute atomic E-state index is 13.0. The molecule has 3 aromatic carbocycles. The van der Waals surface area contributed by atoms with E-state index >= 15 is 0 Å². The quantitative estimate of drug-likeness (QED) is 0.179. The Kier molecular flexibility index (Phi) is 8.69. The number of halogens is 2. The van der Waals surface area contributed by atoms with Crippen molar-refractivity contribution in [2.24, 2.45) is 0 Å². The number of hydrogen-bond donors (Lipinski definition) is 2. The molecule has 3 amide bonds. The molecule has 1 aliphatic rings. The van der Waals surface area contributed by atoms with Crippen molar-refractivity contribution in [3.8, 4) is 0 Å². The van der Waals surface area contributed by atoms with Crippen molar-refractivity contribution in [2.75, 3.05) is 22.1 Å². The lowest BCUT2D eigenvalue weighted by Gasteiger charge is -2.16. The van der Waals surface area contributed by atoms with Crippen molar-refractivity contribution in [3.05, 3.63) is 99.2 Å². The number of aryl methyl sites for hydroxylation is 1. The first kappa shape index (κ1) is 27.9. The molecule has 0 aromatic heterocycles. The monoisotopic (exact) mass is 565 g/mol. The van der Waals surface area contributed by atoms with Crippen molar-refractivity contribution in [2.45, 2.75) is 26.7 Å². The molecular weight excluding hydrogens is 541 g/mol. The molecule has 200 valence electrons. The molecule has 0 saturated carbocycles. The number of carbonyl (C=O) groups excluding carboxylic acids is 4. The van der Waals surface area contributed by atoms with Crippen LogP contribution in [0.15, 0.2) is 77.5 Å². The molecule has 0 unspecified atom stereocenters. The number of nitrogens with one attached hydrogen (secondary N) is 2. The number of amides is 3. The van der Waals surface area contributed by atoms with E-state index in [1.165, 1.54) is 6.07 Å². The van der Waals surface area contributed by atoms with E-state index in [9.17, 15) is 19.2 Å². The van der Waals surface area contributed by atoms with Gasteiger partial charge >= 0.3 is 5.97 Å². The van der Waals surface area contributed by atoms with Gasteiger partial charge in [0.05, 0.1) is 17.9 Å². The van der Waals surface area contributed by atoms with Gasteiger partial charge in [-0.15, -0.1) is 0 Å². The zero-order valence-corrected chi connectivity index (χ0v) is 22.7. The molecule has 0 fully saturated rings. The Hall–Kier alpha value is -4.14. The molecule has 10 heteroatoms. The predicted octanol–water partition coefficient (Wildman–Crippen LogP) is 6.29. The Balaban J connectivity index is 1.42. The Morgan fingerprint density at radius 1 is 0.897 bits per heavy atom. The van der Waals surface area contributed by atoms with E-state index in [2.05, 4.69) is 10.6 Å². The van der Waals surface area contributed by atoms with Gasteiger partial charge in [0.2, 0.25) is 0 Å². The molecule has 1 aliphatic heterocycles. The molecule has 0 atom stereocenters. The Bertz CT molecular complexity index is 1480. The van der Waals surface area contributed by atoms with Crippen molar-refractivity contribution >= 4 is 64.0 Å². The minimum Gasteiger partial charge on any atom is -0.462 e. The number of nitrogens with zero attached hydrogens (tertiary/aromatic N) is 1. The van der Waals surface area contributed by atoms with Crippen LogP contribution in [-0.4, -0.2) is 30.3 Å². The number of esters is 1. The minimum atomic E-state index is -0.670. The van der Waals surface area contributed by atoms with Gasteiger partial charge < -0.3 is 15.4 Å². The van der Waals surface area contributed by atoms with Crippen molar-refractivity contribution < 1.29 is 23.9 Å². The molecule has 39 heavy (non-hydrogen) atoms. The lowest BCUT2D eigenvalue weighted by Crippen LogP contribution is -2.32. The third kappa shape index (κ3) is 6.30. The van der Waals surface area contributed by atoms with E-state index in [1.807, 2.05) is 13.8 Å². The fourth-order valence-corrected chi connectivity index (χ4v) is 4.12. The first-order valence-electron chi connectivity index (χ1n) is 12.2. The zero-order valence-electron chi connectivity index (χ0n) is 21.2. The van der Waals surface area contributed by atoms with E-state index in [1.54, 1.807) is 60.7 Å². The summed E-state index contributed by atoms with van der Waals surface area (Å²) in [6, 6.07) is 17.6. The fraction of sp³-hybridized carbons (Fsp3) is 0.172. The summed E-state index contributed by atoms with van der Waals surface area (Å²) in [4.78, 5) is 51.6. The van der Waals surface area contributed by atoms with Gasteiger partial charge in [0.25, 0.3) is 17.7 Å². The van der Waals surface area contributed by atoms with Gasteiger partial charge in [-0.05, 0) is 73.5 Å². The van der Waals surface area contributed by atoms with Gasteiger partial charge in [0.1, 0.15) is 10.7 Å². The highest BCUT2D eigenvalue weighted by Gasteiger charge is 2.39. The number of carbonyl (C=O) groups is 4. The number of ether oxygens (including phenoxy) is 1. The van der Waals surface area contributed by atoms with Crippen LogP contribution in [-0.2, 0) is 14.3 Å². The first-order chi connectivity index (χ1) is 18.7. The molecule has 2 N–H and O–H groups in total. The summed E-state index contributed by atoms with van der Waals surface area (Å²) in [7, 11) is 0. The maximum atomic E-state index is 13.0. The van der Waals surface area contributed by atoms with Crippen LogP contribution in [0.1, 0.15) is 46.0 Å². The Morgan fingerprint density at radius 2 is 1.64 bits per heavy atom. The summed E-state index contributed by atoms with van der Waals surface area (Å²) >= 11 is 12.4. The van der Waals surface area contributed by atoms with Crippen LogP contribution >= 0.6 is 23.2 Å². The van der Waals surface area contributed by atoms with Gasteiger partial charge in [-0.3, -0.25) is 14.4 Å². The minimum absolute atomic E-state index is 0.0850. The van der Waals surface area contributed by atoms with E-state index in [-0.39, 0.29) is 10.7 Å². The second-order valence-electron chi connectivity index (χ2n) is 8.79. The van der Waals surface area contributed by atoms with Gasteiger partial charge in [0.15, 0.2) is 0 Å². The molecular formula is C29H25Cl2N3O5. The third-order valence-electron chi connectivity index (χ3n) is 5.94. The predicted molar refractivity (Wildman–Crippen MR) is 151 cm³/mol. The number of imide groups is 1. The molecule has 0 bridgehead atoms. The molecule has 0 saturated heterocycles. The normalized spacial score (nSPS) is 13.1. The third-order valence-corrected chi connectivity index (χ3v) is 6.70. The summed E-state index contributed by atoms with van der Waals surface area (Å²) in [5.41, 5.74) is 2.59. The zero-order chi connectivity index (χ0) is 28.1. The highest BCUT2D eigenvalue weighted by molar-refractivity contribution is 6.53. The van der Waals surface area contributed by atoms with Crippen LogP contribution in [0, 0.1) is 6.92 Å². The highest BCUT2D eigenvalue weighted by atomic mass is 35.5. The lowest BCUT2D eigenvalue weighted by atomic mass is 10.1. The fourth-order valence-electron chi connectivity index (χ4n) is 3.74. The average Bonchev–Trinajstić information content (AvgIpc) is 3.13. The van der Waals surface area contributed by atoms with E-state index < -0.39 is 23.7 Å². The van der Waals surface area contributed by atoms with E-state index in [0.29, 0.717) is 39.8 Å². The molecule has 1 heterocycles. The maximum Gasteiger partial charge on any atom is 0.338 e. The van der Waals surface area contributed by atoms with Gasteiger partial charge in [0, 0.05) is 22.0 Å². The number of benzene rings is 3. The largest absolute Gasteiger partial charge is 0.462 e. The van der Waals surface area contributed by atoms with Crippen LogP contribution in [0.25, 0.3) is 0 Å². The average molecular weight is 566 g/mol. The van der Waals surface area contributed by atoms with Crippen LogP contribution in [0.2, 0.25) is 5.02 Å². The topological polar surface area (TPSA) is 105 Å². The van der Waals surface area contributed by atoms with Crippen molar-refractivity contribution in [1.29, 1.82) is 0 Å². The molecule has 0 radical (unpaired) electrons. The van der Waals surface area contributed by atoms with Crippen molar-refractivity contribution in [3.63, 3.8) is 0 Å². The summed E-state index contributed by atoms with van der Waals surface area (Å²) in [5, 5.41) is 5.78. The molecule has 0 aliphatic carbocycles. The second kappa shape index (κ2) is 12.1. The first-order valence-corrected chi connectivity index (χ1v) is 13.0. The summed E-state index contributed by atoms with van der Waals surface area (Å²) in [6.45, 7) is 4.15. The summed E-state index contributed by atoms with van der Waals surface area (Å²) in [5.74, 6) is -2.15. The van der Waals surface area contributed by atoms with Crippen molar-refractivity contribution in [1.82, 2.24) is 0 Å². The number of unbranched alkanes of at least 4 members (excludes halogenated alkanes) is 1.